The van der Waals surface area contributed by atoms with Crippen molar-refractivity contribution in [2.75, 3.05) is 19.6 Å². The van der Waals surface area contributed by atoms with Crippen molar-refractivity contribution in [1.82, 2.24) is 0 Å². The fraction of sp³-hybridized carbons (Fsp3) is 1.00. The van der Waals surface area contributed by atoms with Crippen molar-refractivity contribution >= 4 is 11.6 Å². The van der Waals surface area contributed by atoms with Crippen LogP contribution in [0, 0.1) is 17.8 Å². The van der Waals surface area contributed by atoms with Gasteiger partial charge in [-0.1, -0.05) is 32.1 Å². The second kappa shape index (κ2) is 8.20. The van der Waals surface area contributed by atoms with Crippen LogP contribution in [0.3, 0.4) is 0 Å². The molecule has 0 aromatic heterocycles. The van der Waals surface area contributed by atoms with Crippen LogP contribution in [-0.4, -0.2) is 25.0 Å². The summed E-state index contributed by atoms with van der Waals surface area (Å²) in [6.45, 7) is 4.36. The number of piperidine rings is 1. The van der Waals surface area contributed by atoms with Crippen molar-refractivity contribution < 1.29 is 4.90 Å². The van der Waals surface area contributed by atoms with E-state index in [1.807, 2.05) is 4.90 Å². The Bertz CT molecular complexity index is 284. The summed E-state index contributed by atoms with van der Waals surface area (Å²) >= 11 is 6.23. The smallest absolute Gasteiger partial charge is 0.0799 e. The Morgan fingerprint density at radius 1 is 0.667 bits per heavy atom. The molecule has 3 rings (SSSR count). The minimum atomic E-state index is 0.484. The first-order valence-corrected chi connectivity index (χ1v) is 10.2. The van der Waals surface area contributed by atoms with Crippen LogP contribution in [0.15, 0.2) is 0 Å². The van der Waals surface area contributed by atoms with Gasteiger partial charge in [0, 0.05) is 11.3 Å². The molecule has 1 N–H and O–H groups in total. The number of quaternary nitrogens is 1. The van der Waals surface area contributed by atoms with Crippen molar-refractivity contribution in [2.24, 2.45) is 17.8 Å². The number of halogens is 1. The van der Waals surface area contributed by atoms with E-state index in [0.717, 1.165) is 17.8 Å². The van der Waals surface area contributed by atoms with E-state index in [1.165, 1.54) is 90.3 Å². The van der Waals surface area contributed by atoms with Gasteiger partial charge in [0.05, 0.1) is 19.6 Å². The van der Waals surface area contributed by atoms with Gasteiger partial charge in [-0.2, -0.15) is 0 Å². The molecule has 21 heavy (non-hydrogen) atoms. The molecule has 0 aromatic carbocycles. The molecular formula is C19H35ClN+. The van der Waals surface area contributed by atoms with Crippen LogP contribution in [0.2, 0.25) is 0 Å². The third-order valence-corrected chi connectivity index (χ3v) is 6.99. The summed E-state index contributed by atoms with van der Waals surface area (Å²) in [4.78, 5) is 1.91. The van der Waals surface area contributed by atoms with E-state index in [0.29, 0.717) is 5.38 Å². The van der Waals surface area contributed by atoms with E-state index in [-0.39, 0.29) is 0 Å². The molecule has 0 spiro atoms. The molecule has 3 aliphatic rings. The zero-order valence-corrected chi connectivity index (χ0v) is 14.5. The fourth-order valence-corrected chi connectivity index (χ4v) is 5.41. The Hall–Kier alpha value is 0.250. The van der Waals surface area contributed by atoms with Crippen LogP contribution in [0.4, 0.5) is 0 Å². The van der Waals surface area contributed by atoms with E-state index < -0.39 is 0 Å². The second-order valence-electron chi connectivity index (χ2n) is 8.26. The van der Waals surface area contributed by atoms with Crippen LogP contribution >= 0.6 is 11.6 Å². The number of hydrogen-bond acceptors (Lipinski definition) is 0. The molecule has 2 aliphatic carbocycles. The molecule has 1 nitrogen and oxygen atoms in total. The zero-order chi connectivity index (χ0) is 14.5. The molecule has 2 saturated carbocycles. The third kappa shape index (κ3) is 5.13. The van der Waals surface area contributed by atoms with E-state index in [2.05, 4.69) is 0 Å². The average Bonchev–Trinajstić information content (AvgIpc) is 2.53. The summed E-state index contributed by atoms with van der Waals surface area (Å²) in [5.74, 6) is 3.13. The molecule has 1 aliphatic heterocycles. The van der Waals surface area contributed by atoms with Crippen molar-refractivity contribution in [3.63, 3.8) is 0 Å². The number of hydrogen-bond donors (Lipinski definition) is 1. The molecule has 3 fully saturated rings. The first-order chi connectivity index (χ1) is 10.3. The molecule has 0 atom stereocenters. The summed E-state index contributed by atoms with van der Waals surface area (Å²) < 4.78 is 0. The van der Waals surface area contributed by atoms with Crippen molar-refractivity contribution in [3.05, 3.63) is 0 Å². The molecule has 0 radical (unpaired) electrons. The summed E-state index contributed by atoms with van der Waals surface area (Å²) in [7, 11) is 0. The first-order valence-electron chi connectivity index (χ1n) is 9.77. The SMILES string of the molecule is ClC1CCC(C[NH+]2CCC(CC3CCCCC3)CC2)CC1. The predicted molar refractivity (Wildman–Crippen MR) is 91.1 cm³/mol. The number of rotatable bonds is 4. The summed E-state index contributed by atoms with van der Waals surface area (Å²) in [5, 5.41) is 0.484. The van der Waals surface area contributed by atoms with Crippen molar-refractivity contribution in [1.29, 1.82) is 0 Å². The van der Waals surface area contributed by atoms with Gasteiger partial charge < -0.3 is 4.90 Å². The maximum absolute atomic E-state index is 6.23. The highest BCUT2D eigenvalue weighted by Crippen LogP contribution is 2.31. The van der Waals surface area contributed by atoms with Crippen molar-refractivity contribution in [2.45, 2.75) is 82.4 Å². The van der Waals surface area contributed by atoms with E-state index in [1.54, 1.807) is 6.42 Å². The highest BCUT2D eigenvalue weighted by atomic mass is 35.5. The molecule has 0 aromatic rings. The number of alkyl halides is 1. The lowest BCUT2D eigenvalue weighted by molar-refractivity contribution is -0.909. The van der Waals surface area contributed by atoms with Crippen LogP contribution in [0.5, 0.6) is 0 Å². The number of likely N-dealkylation sites (tertiary alicyclic amines) is 1. The second-order valence-corrected chi connectivity index (χ2v) is 8.87. The molecule has 122 valence electrons. The Kier molecular flexibility index (Phi) is 6.29. The standard InChI is InChI=1S/C19H34ClN/c20-19-8-6-18(7-9-19)15-21-12-10-17(11-13-21)14-16-4-2-1-3-5-16/h16-19H,1-15H2/p+1. The monoisotopic (exact) mass is 312 g/mol. The van der Waals surface area contributed by atoms with Gasteiger partial charge in [0.15, 0.2) is 0 Å². The lowest BCUT2D eigenvalue weighted by Crippen LogP contribution is -3.13. The molecular weight excluding hydrogens is 278 g/mol. The van der Waals surface area contributed by atoms with Gasteiger partial charge in [0.2, 0.25) is 0 Å². The van der Waals surface area contributed by atoms with Gasteiger partial charge in [-0.3, -0.25) is 0 Å². The van der Waals surface area contributed by atoms with Gasteiger partial charge in [0.25, 0.3) is 0 Å². The molecule has 0 bridgehead atoms. The van der Waals surface area contributed by atoms with Gasteiger partial charge in [0.1, 0.15) is 0 Å². The topological polar surface area (TPSA) is 4.44 Å². The Morgan fingerprint density at radius 2 is 1.29 bits per heavy atom. The van der Waals surface area contributed by atoms with Gasteiger partial charge in [-0.15, -0.1) is 11.6 Å². The lowest BCUT2D eigenvalue weighted by atomic mass is 9.79. The molecule has 0 amide bonds. The predicted octanol–water partition coefficient (Wildman–Crippen LogP) is 4.05. The molecule has 1 saturated heterocycles. The zero-order valence-electron chi connectivity index (χ0n) is 13.8. The summed E-state index contributed by atoms with van der Waals surface area (Å²) in [6.07, 6.45) is 17.5. The molecule has 1 heterocycles. The van der Waals surface area contributed by atoms with Gasteiger partial charge in [-0.25, -0.2) is 0 Å². The van der Waals surface area contributed by atoms with Crippen LogP contribution in [-0.2, 0) is 0 Å². The van der Waals surface area contributed by atoms with Crippen LogP contribution < -0.4 is 4.90 Å². The van der Waals surface area contributed by atoms with Crippen LogP contribution in [0.25, 0.3) is 0 Å². The molecule has 0 unspecified atom stereocenters. The normalized spacial score (nSPS) is 39.3. The lowest BCUT2D eigenvalue weighted by Gasteiger charge is -2.35. The minimum absolute atomic E-state index is 0.484. The maximum atomic E-state index is 6.23. The Balaban J connectivity index is 1.33. The van der Waals surface area contributed by atoms with Gasteiger partial charge >= 0.3 is 0 Å². The highest BCUT2D eigenvalue weighted by Gasteiger charge is 2.28. The summed E-state index contributed by atoms with van der Waals surface area (Å²) in [5.41, 5.74) is 0. The average molecular weight is 313 g/mol. The van der Waals surface area contributed by atoms with E-state index in [4.69, 9.17) is 11.6 Å². The van der Waals surface area contributed by atoms with E-state index in [9.17, 15) is 0 Å². The quantitative estimate of drug-likeness (QED) is 0.747. The maximum Gasteiger partial charge on any atom is 0.0799 e. The molecule has 2 heteroatoms. The fourth-order valence-electron chi connectivity index (χ4n) is 5.15. The number of nitrogens with one attached hydrogen (secondary N) is 1. The first kappa shape index (κ1) is 16.1. The van der Waals surface area contributed by atoms with Gasteiger partial charge in [-0.05, 0) is 56.8 Å². The Morgan fingerprint density at radius 3 is 1.95 bits per heavy atom. The summed E-state index contributed by atoms with van der Waals surface area (Å²) in [6, 6.07) is 0. The minimum Gasteiger partial charge on any atom is -0.335 e. The third-order valence-electron chi connectivity index (χ3n) is 6.56. The van der Waals surface area contributed by atoms with E-state index >= 15 is 0 Å². The van der Waals surface area contributed by atoms with Crippen LogP contribution in [0.1, 0.15) is 77.0 Å². The largest absolute Gasteiger partial charge is 0.335 e. The highest BCUT2D eigenvalue weighted by molar-refractivity contribution is 6.20. The van der Waals surface area contributed by atoms with Crippen molar-refractivity contribution in [3.8, 4) is 0 Å². The Labute approximate surface area is 136 Å².